The number of nitrogens with zero attached hydrogens (tertiary/aromatic N) is 4. The van der Waals surface area contributed by atoms with Gasteiger partial charge in [-0.25, -0.2) is 9.97 Å². The molecule has 2 aromatic rings. The first-order valence-electron chi connectivity index (χ1n) is 5.73. The maximum absolute atomic E-state index is 5.24. The van der Waals surface area contributed by atoms with Gasteiger partial charge in [-0.2, -0.15) is 4.98 Å². The zero-order valence-corrected chi connectivity index (χ0v) is 9.33. The average molecular weight is 231 g/mol. The van der Waals surface area contributed by atoms with Crippen LogP contribution in [0.3, 0.4) is 0 Å². The summed E-state index contributed by atoms with van der Waals surface area (Å²) in [5.41, 5.74) is 0.764. The van der Waals surface area contributed by atoms with E-state index in [4.69, 9.17) is 4.52 Å². The van der Waals surface area contributed by atoms with Crippen molar-refractivity contribution in [1.82, 2.24) is 25.4 Å². The minimum Gasteiger partial charge on any atom is -0.334 e. The van der Waals surface area contributed by atoms with Gasteiger partial charge in [-0.15, -0.1) is 0 Å². The van der Waals surface area contributed by atoms with Crippen molar-refractivity contribution in [2.75, 3.05) is 13.1 Å². The molecule has 0 atom stereocenters. The Labute approximate surface area is 98.5 Å². The van der Waals surface area contributed by atoms with E-state index in [1.54, 1.807) is 12.4 Å². The van der Waals surface area contributed by atoms with E-state index in [1.165, 1.54) is 6.33 Å². The lowest BCUT2D eigenvalue weighted by molar-refractivity contribution is 0.392. The van der Waals surface area contributed by atoms with Crippen molar-refractivity contribution >= 4 is 0 Å². The lowest BCUT2D eigenvalue weighted by Crippen LogP contribution is -2.27. The van der Waals surface area contributed by atoms with E-state index >= 15 is 0 Å². The van der Waals surface area contributed by atoms with Crippen LogP contribution in [0.15, 0.2) is 23.2 Å². The number of hydrogen-bond acceptors (Lipinski definition) is 6. The second kappa shape index (κ2) is 4.58. The summed E-state index contributed by atoms with van der Waals surface area (Å²) in [5, 5.41) is 7.36. The lowest BCUT2D eigenvalue weighted by atomic mass is 9.98. The summed E-state index contributed by atoms with van der Waals surface area (Å²) >= 11 is 0. The standard InChI is InChI=1S/C11H13N5O/c1-3-12-4-2-8(1)10-15-11(17-16-10)9-5-13-7-14-6-9/h5-8,12H,1-4H2. The largest absolute Gasteiger partial charge is 0.334 e. The summed E-state index contributed by atoms with van der Waals surface area (Å²) in [4.78, 5) is 12.3. The van der Waals surface area contributed by atoms with E-state index in [2.05, 4.69) is 25.4 Å². The van der Waals surface area contributed by atoms with Crippen LogP contribution in [0, 0.1) is 0 Å². The molecule has 0 saturated carbocycles. The maximum atomic E-state index is 5.24. The summed E-state index contributed by atoms with van der Waals surface area (Å²) in [6.07, 6.45) is 6.95. The molecule has 1 N–H and O–H groups in total. The number of hydrogen-bond donors (Lipinski definition) is 1. The lowest BCUT2D eigenvalue weighted by Gasteiger charge is -2.18. The molecule has 88 valence electrons. The maximum Gasteiger partial charge on any atom is 0.261 e. The Hall–Kier alpha value is -1.82. The van der Waals surface area contributed by atoms with Gasteiger partial charge in [0.1, 0.15) is 6.33 Å². The molecule has 6 heteroatoms. The second-order valence-electron chi connectivity index (χ2n) is 4.11. The molecule has 3 heterocycles. The summed E-state index contributed by atoms with van der Waals surface area (Å²) in [6, 6.07) is 0. The molecule has 0 aliphatic carbocycles. The first-order valence-corrected chi connectivity index (χ1v) is 5.73. The molecule has 0 aromatic carbocycles. The Morgan fingerprint density at radius 2 is 1.94 bits per heavy atom. The first-order chi connectivity index (χ1) is 8.43. The van der Waals surface area contributed by atoms with Gasteiger partial charge < -0.3 is 9.84 Å². The minimum atomic E-state index is 0.401. The third-order valence-corrected chi connectivity index (χ3v) is 2.95. The number of nitrogens with one attached hydrogen (secondary N) is 1. The van der Waals surface area contributed by atoms with Gasteiger partial charge in [0, 0.05) is 18.3 Å². The fourth-order valence-electron chi connectivity index (χ4n) is 2.01. The van der Waals surface area contributed by atoms with E-state index in [1.807, 2.05) is 0 Å². The molecule has 1 saturated heterocycles. The van der Waals surface area contributed by atoms with Crippen LogP contribution in [-0.4, -0.2) is 33.2 Å². The van der Waals surface area contributed by atoms with Crippen molar-refractivity contribution in [1.29, 1.82) is 0 Å². The van der Waals surface area contributed by atoms with E-state index in [9.17, 15) is 0 Å². The normalized spacial score (nSPS) is 17.2. The highest BCUT2D eigenvalue weighted by molar-refractivity contribution is 5.48. The van der Waals surface area contributed by atoms with Crippen LogP contribution >= 0.6 is 0 Å². The molecule has 0 unspecified atom stereocenters. The van der Waals surface area contributed by atoms with Gasteiger partial charge >= 0.3 is 0 Å². The van der Waals surface area contributed by atoms with Crippen LogP contribution in [-0.2, 0) is 0 Å². The molecule has 17 heavy (non-hydrogen) atoms. The SMILES string of the molecule is c1ncc(-c2nc(C3CCNCC3)no2)cn1. The molecular formula is C11H13N5O. The summed E-state index contributed by atoms with van der Waals surface area (Å²) in [7, 11) is 0. The second-order valence-corrected chi connectivity index (χ2v) is 4.11. The smallest absolute Gasteiger partial charge is 0.261 e. The molecule has 0 spiro atoms. The topological polar surface area (TPSA) is 76.7 Å². The van der Waals surface area contributed by atoms with E-state index in [0.29, 0.717) is 11.8 Å². The van der Waals surface area contributed by atoms with Crippen LogP contribution in [0.5, 0.6) is 0 Å². The highest BCUT2D eigenvalue weighted by Gasteiger charge is 2.21. The van der Waals surface area contributed by atoms with Gasteiger partial charge in [-0.05, 0) is 25.9 Å². The Bertz CT molecular complexity index is 478. The number of rotatable bonds is 2. The Kier molecular flexibility index (Phi) is 2.79. The number of piperidine rings is 1. The predicted octanol–water partition coefficient (Wildman–Crippen LogP) is 0.994. The molecule has 1 aliphatic heterocycles. The predicted molar refractivity (Wildman–Crippen MR) is 60.2 cm³/mol. The van der Waals surface area contributed by atoms with Gasteiger partial charge in [0.25, 0.3) is 5.89 Å². The molecule has 2 aromatic heterocycles. The van der Waals surface area contributed by atoms with Crippen molar-refractivity contribution in [3.63, 3.8) is 0 Å². The van der Waals surface area contributed by atoms with Crippen LogP contribution in [0.2, 0.25) is 0 Å². The van der Waals surface area contributed by atoms with Crippen LogP contribution in [0.25, 0.3) is 11.5 Å². The van der Waals surface area contributed by atoms with E-state index in [0.717, 1.165) is 37.3 Å². The van der Waals surface area contributed by atoms with Gasteiger partial charge in [0.05, 0.1) is 5.56 Å². The molecule has 0 bridgehead atoms. The van der Waals surface area contributed by atoms with E-state index in [-0.39, 0.29) is 0 Å². The Balaban J connectivity index is 1.83. The zero-order valence-electron chi connectivity index (χ0n) is 9.33. The molecule has 1 aliphatic rings. The van der Waals surface area contributed by atoms with Crippen molar-refractivity contribution in [3.05, 3.63) is 24.5 Å². The molecule has 6 nitrogen and oxygen atoms in total. The van der Waals surface area contributed by atoms with Crippen molar-refractivity contribution < 1.29 is 4.52 Å². The minimum absolute atomic E-state index is 0.401. The van der Waals surface area contributed by atoms with Gasteiger partial charge in [0.2, 0.25) is 0 Å². The molecule has 0 amide bonds. The van der Waals surface area contributed by atoms with Crippen LogP contribution in [0.4, 0.5) is 0 Å². The fraction of sp³-hybridized carbons (Fsp3) is 0.455. The number of aromatic nitrogens is 4. The Morgan fingerprint density at radius 1 is 1.18 bits per heavy atom. The summed E-state index contributed by atoms with van der Waals surface area (Å²) in [6.45, 7) is 2.03. The van der Waals surface area contributed by atoms with Crippen LogP contribution < -0.4 is 5.32 Å². The fourth-order valence-corrected chi connectivity index (χ4v) is 2.01. The van der Waals surface area contributed by atoms with Crippen LogP contribution in [0.1, 0.15) is 24.6 Å². The molecule has 1 fully saturated rings. The van der Waals surface area contributed by atoms with E-state index < -0.39 is 0 Å². The first kappa shape index (κ1) is 10.3. The third kappa shape index (κ3) is 2.16. The third-order valence-electron chi connectivity index (χ3n) is 2.95. The van der Waals surface area contributed by atoms with Gasteiger partial charge in [-0.1, -0.05) is 5.16 Å². The molecular weight excluding hydrogens is 218 g/mol. The summed E-state index contributed by atoms with van der Waals surface area (Å²) in [5.74, 6) is 1.70. The van der Waals surface area contributed by atoms with Gasteiger partial charge in [0.15, 0.2) is 5.82 Å². The van der Waals surface area contributed by atoms with Crippen molar-refractivity contribution in [2.24, 2.45) is 0 Å². The zero-order chi connectivity index (χ0) is 11.5. The van der Waals surface area contributed by atoms with Crippen molar-refractivity contribution in [3.8, 4) is 11.5 Å². The summed E-state index contributed by atoms with van der Waals surface area (Å²) < 4.78 is 5.24. The van der Waals surface area contributed by atoms with Crippen molar-refractivity contribution in [2.45, 2.75) is 18.8 Å². The molecule has 3 rings (SSSR count). The monoisotopic (exact) mass is 231 g/mol. The highest BCUT2D eigenvalue weighted by Crippen LogP contribution is 2.24. The quantitative estimate of drug-likeness (QED) is 0.830. The van der Waals surface area contributed by atoms with Gasteiger partial charge in [-0.3, -0.25) is 0 Å². The average Bonchev–Trinajstić information content (AvgIpc) is 2.90. The molecule has 0 radical (unpaired) electrons. The Morgan fingerprint density at radius 3 is 2.71 bits per heavy atom. The highest BCUT2D eigenvalue weighted by atomic mass is 16.5.